The van der Waals surface area contributed by atoms with Gasteiger partial charge in [0, 0.05) is 44.0 Å². The number of nitrogens with one attached hydrogen (secondary N) is 1. The van der Waals surface area contributed by atoms with Crippen LogP contribution in [0.5, 0.6) is 0 Å². The minimum Gasteiger partial charge on any atom is -0.481 e. The monoisotopic (exact) mass is 728 g/mol. The maximum Gasteiger partial charge on any atom is 0.303 e. The largest absolute Gasteiger partial charge is 0.481 e. The van der Waals surface area contributed by atoms with Crippen LogP contribution in [0.15, 0.2) is 115 Å². The summed E-state index contributed by atoms with van der Waals surface area (Å²) in [6.07, 6.45) is 3.52. The Balaban J connectivity index is 1.13. The van der Waals surface area contributed by atoms with Crippen LogP contribution in [0.4, 0.5) is 0 Å². The average molecular weight is 729 g/mol. The van der Waals surface area contributed by atoms with Gasteiger partial charge in [0.1, 0.15) is 0 Å². The van der Waals surface area contributed by atoms with Crippen LogP contribution >= 0.6 is 0 Å². The number of rotatable bonds is 17. The number of carbonyl (C=O) groups is 2. The van der Waals surface area contributed by atoms with Crippen molar-refractivity contribution in [3.8, 4) is 11.1 Å². The number of hydrogen-bond acceptors (Lipinski definition) is 6. The van der Waals surface area contributed by atoms with E-state index in [2.05, 4.69) is 97.0 Å². The fourth-order valence-electron chi connectivity index (χ4n) is 7.21. The average Bonchev–Trinajstić information content (AvgIpc) is 3.20. The molecule has 5 aromatic rings. The van der Waals surface area contributed by atoms with Gasteiger partial charge in [0.05, 0.1) is 18.8 Å². The van der Waals surface area contributed by atoms with E-state index in [1.54, 1.807) is 0 Å². The van der Waals surface area contributed by atoms with Crippen molar-refractivity contribution in [3.05, 3.63) is 143 Å². The highest BCUT2D eigenvalue weighted by atomic mass is 16.7. The molecule has 1 heterocycles. The number of carbonyl (C=O) groups excluding carboxylic acids is 1. The molecule has 0 saturated carbocycles. The smallest absolute Gasteiger partial charge is 0.303 e. The molecule has 8 nitrogen and oxygen atoms in total. The van der Waals surface area contributed by atoms with E-state index in [-0.39, 0.29) is 37.2 Å². The zero-order valence-electron chi connectivity index (χ0n) is 31.3. The van der Waals surface area contributed by atoms with Gasteiger partial charge in [-0.2, -0.15) is 0 Å². The Morgan fingerprint density at radius 3 is 2.22 bits per heavy atom. The highest BCUT2D eigenvalue weighted by Gasteiger charge is 2.33. The molecular weight excluding hydrogens is 677 g/mol. The summed E-state index contributed by atoms with van der Waals surface area (Å²) in [6.45, 7) is 3.38. The van der Waals surface area contributed by atoms with Crippen LogP contribution < -0.4 is 5.32 Å². The van der Waals surface area contributed by atoms with E-state index in [9.17, 15) is 14.7 Å². The van der Waals surface area contributed by atoms with Crippen LogP contribution in [-0.2, 0) is 32.2 Å². The van der Waals surface area contributed by atoms with Crippen molar-refractivity contribution in [1.29, 1.82) is 0 Å². The van der Waals surface area contributed by atoms with E-state index in [0.29, 0.717) is 25.8 Å². The predicted octanol–water partition coefficient (Wildman–Crippen LogP) is 9.28. The van der Waals surface area contributed by atoms with Crippen molar-refractivity contribution in [3.63, 3.8) is 0 Å². The van der Waals surface area contributed by atoms with E-state index < -0.39 is 12.3 Å². The van der Waals surface area contributed by atoms with Crippen LogP contribution in [0.2, 0.25) is 0 Å². The van der Waals surface area contributed by atoms with Gasteiger partial charge in [-0.3, -0.25) is 14.5 Å². The SMILES string of the molecule is C[C@H](c1ccc2ccccc2c1)N(C)C[C@@H]1C[C@H](c2ccc(CO)cc2)O[C@H](c2ccc(-c3ccccc3CNC(=O)CCCCCCC(=O)O)cc2)O1. The summed E-state index contributed by atoms with van der Waals surface area (Å²) in [7, 11) is 2.15. The molecule has 0 spiro atoms. The fraction of sp³-hybridized carbons (Fsp3) is 0.348. The van der Waals surface area contributed by atoms with Gasteiger partial charge in [-0.05, 0) is 77.0 Å². The van der Waals surface area contributed by atoms with Gasteiger partial charge in [-0.1, -0.05) is 122 Å². The summed E-state index contributed by atoms with van der Waals surface area (Å²) >= 11 is 0. The third kappa shape index (κ3) is 10.4. The molecule has 282 valence electrons. The number of carboxylic acids is 1. The molecule has 1 amide bonds. The molecule has 1 saturated heterocycles. The number of aliphatic carboxylic acids is 1. The fourth-order valence-corrected chi connectivity index (χ4v) is 7.21. The second-order valence-electron chi connectivity index (χ2n) is 14.4. The number of aliphatic hydroxyl groups is 1. The molecule has 1 aliphatic rings. The van der Waals surface area contributed by atoms with E-state index in [0.717, 1.165) is 59.2 Å². The molecule has 1 aliphatic heterocycles. The van der Waals surface area contributed by atoms with Crippen molar-refractivity contribution >= 4 is 22.6 Å². The number of hydrogen-bond donors (Lipinski definition) is 3. The van der Waals surface area contributed by atoms with Crippen LogP contribution in [0, 0.1) is 0 Å². The first-order valence-electron chi connectivity index (χ1n) is 19.1. The number of benzene rings is 5. The molecule has 6 rings (SSSR count). The first kappa shape index (κ1) is 38.9. The molecule has 0 aromatic heterocycles. The maximum atomic E-state index is 12.6. The van der Waals surface area contributed by atoms with E-state index in [1.165, 1.54) is 16.3 Å². The Labute approximate surface area is 318 Å². The molecule has 0 unspecified atom stereocenters. The summed E-state index contributed by atoms with van der Waals surface area (Å²) in [5.41, 5.74) is 7.23. The predicted molar refractivity (Wildman–Crippen MR) is 212 cm³/mol. The van der Waals surface area contributed by atoms with Gasteiger partial charge < -0.3 is 25.0 Å². The number of fused-ring (bicyclic) bond motifs is 1. The first-order valence-corrected chi connectivity index (χ1v) is 19.1. The Bertz CT molecular complexity index is 1980. The normalized spacial score (nSPS) is 17.7. The summed E-state index contributed by atoms with van der Waals surface area (Å²) in [5, 5.41) is 24.0. The summed E-state index contributed by atoms with van der Waals surface area (Å²) < 4.78 is 13.4. The maximum absolute atomic E-state index is 12.6. The molecule has 5 aromatic carbocycles. The van der Waals surface area contributed by atoms with Crippen LogP contribution in [0.3, 0.4) is 0 Å². The van der Waals surface area contributed by atoms with Crippen molar-refractivity contribution in [2.24, 2.45) is 0 Å². The van der Waals surface area contributed by atoms with Crippen LogP contribution in [0.1, 0.15) is 98.1 Å². The number of unbranched alkanes of at least 4 members (excludes halogenated alkanes) is 3. The second-order valence-corrected chi connectivity index (χ2v) is 14.4. The highest BCUT2D eigenvalue weighted by molar-refractivity contribution is 5.83. The Hall–Kier alpha value is -4.86. The van der Waals surface area contributed by atoms with Crippen molar-refractivity contribution in [2.75, 3.05) is 13.6 Å². The number of nitrogens with zero attached hydrogens (tertiary/aromatic N) is 1. The summed E-state index contributed by atoms with van der Waals surface area (Å²) in [6, 6.07) is 39.7. The van der Waals surface area contributed by atoms with Crippen molar-refractivity contribution < 1.29 is 29.3 Å². The quantitative estimate of drug-likeness (QED) is 0.0820. The Morgan fingerprint density at radius 1 is 0.796 bits per heavy atom. The molecule has 3 N–H and O–H groups in total. The molecule has 4 atom stereocenters. The Kier molecular flexibility index (Phi) is 13.6. The lowest BCUT2D eigenvalue weighted by molar-refractivity contribution is -0.253. The molecule has 54 heavy (non-hydrogen) atoms. The molecule has 8 heteroatoms. The number of carboxylic acid groups (broad SMARTS) is 1. The standard InChI is InChI=1S/C46H52N2O6/c1-32(38-26-21-34-11-7-8-12-39(34)27-38)48(2)30-41-28-43(36-19-17-33(31-49)18-20-36)54-46(53-41)37-24-22-35(23-25-37)42-14-10-9-13-40(42)29-47-44(50)15-5-3-4-6-16-45(51)52/h7-14,17-27,32,41,43,46,49H,3-6,15-16,28-31H2,1-2H3,(H,47,50)(H,51,52)/t32-,41+,43-,46-/m1/s1. The lowest BCUT2D eigenvalue weighted by Crippen LogP contribution is -2.38. The van der Waals surface area contributed by atoms with E-state index in [1.807, 2.05) is 42.5 Å². The molecule has 1 fully saturated rings. The second kappa shape index (κ2) is 18.9. The van der Waals surface area contributed by atoms with Gasteiger partial charge in [0.2, 0.25) is 5.91 Å². The number of likely N-dealkylation sites (N-methyl/N-ethyl adjacent to an activating group) is 1. The minimum absolute atomic E-state index is 0.00241. The van der Waals surface area contributed by atoms with Crippen molar-refractivity contribution in [1.82, 2.24) is 10.2 Å². The lowest BCUT2D eigenvalue weighted by Gasteiger charge is -2.39. The zero-order valence-corrected chi connectivity index (χ0v) is 31.3. The molecule has 0 bridgehead atoms. The Morgan fingerprint density at radius 2 is 1.48 bits per heavy atom. The molecular formula is C46H52N2O6. The van der Waals surface area contributed by atoms with Gasteiger partial charge in [0.15, 0.2) is 6.29 Å². The van der Waals surface area contributed by atoms with Crippen molar-refractivity contribution in [2.45, 2.75) is 89.6 Å². The van der Waals surface area contributed by atoms with E-state index in [4.69, 9.17) is 14.6 Å². The highest BCUT2D eigenvalue weighted by Crippen LogP contribution is 2.39. The third-order valence-corrected chi connectivity index (χ3v) is 10.6. The number of amides is 1. The molecule has 0 radical (unpaired) electrons. The van der Waals surface area contributed by atoms with Gasteiger partial charge in [-0.15, -0.1) is 0 Å². The topological polar surface area (TPSA) is 108 Å². The first-order chi connectivity index (χ1) is 26.3. The zero-order chi connectivity index (χ0) is 37.9. The van der Waals surface area contributed by atoms with Crippen LogP contribution in [-0.4, -0.2) is 46.7 Å². The lowest BCUT2D eigenvalue weighted by atomic mass is 9.97. The number of ether oxygens (including phenoxy) is 2. The van der Waals surface area contributed by atoms with Gasteiger partial charge >= 0.3 is 5.97 Å². The third-order valence-electron chi connectivity index (χ3n) is 10.6. The van der Waals surface area contributed by atoms with Gasteiger partial charge in [0.25, 0.3) is 0 Å². The minimum atomic E-state index is -0.775. The number of aliphatic hydroxyl groups excluding tert-OH is 1. The summed E-state index contributed by atoms with van der Waals surface area (Å²) in [4.78, 5) is 25.6. The molecule has 0 aliphatic carbocycles. The van der Waals surface area contributed by atoms with Gasteiger partial charge in [-0.25, -0.2) is 0 Å². The van der Waals surface area contributed by atoms with Crippen LogP contribution in [0.25, 0.3) is 21.9 Å². The van der Waals surface area contributed by atoms with E-state index >= 15 is 0 Å². The summed E-state index contributed by atoms with van der Waals surface area (Å²) in [5.74, 6) is -0.778.